The van der Waals surface area contributed by atoms with Crippen LogP contribution in [0.25, 0.3) is 5.69 Å². The lowest BCUT2D eigenvalue weighted by Gasteiger charge is -2.28. The van der Waals surface area contributed by atoms with E-state index in [-0.39, 0.29) is 18.0 Å². The number of aromatic nitrogens is 2. The number of benzene rings is 2. The van der Waals surface area contributed by atoms with Gasteiger partial charge in [0.1, 0.15) is 0 Å². The number of pyridine rings is 1. The molecule has 4 aromatic rings. The van der Waals surface area contributed by atoms with Crippen molar-refractivity contribution < 1.29 is 4.79 Å². The molecule has 188 valence electrons. The maximum absolute atomic E-state index is 11.5. The van der Waals surface area contributed by atoms with Crippen LogP contribution in [0.15, 0.2) is 72.9 Å². The molecule has 2 atom stereocenters. The molecule has 1 saturated heterocycles. The number of nitrogens with zero attached hydrogens (tertiary/aromatic N) is 3. The molecule has 1 aliphatic heterocycles. The number of aryl methyl sites for hydroxylation is 2. The van der Waals surface area contributed by atoms with Gasteiger partial charge in [0.15, 0.2) is 5.11 Å². The average molecular weight is 530 g/mol. The van der Waals surface area contributed by atoms with Crippen LogP contribution >= 0.6 is 23.8 Å². The molecule has 2 aromatic heterocycles. The zero-order chi connectivity index (χ0) is 26.3. The predicted octanol–water partition coefficient (Wildman–Crippen LogP) is 6.59. The highest BCUT2D eigenvalue weighted by Gasteiger charge is 2.42. The Hall–Kier alpha value is -3.68. The average Bonchev–Trinajstić information content (AvgIpc) is 3.36. The fraction of sp³-hybridized carbons (Fsp3) is 0.207. The number of hydrogen-bond acceptors (Lipinski definition) is 3. The van der Waals surface area contributed by atoms with Crippen molar-refractivity contribution in [3.05, 3.63) is 106 Å². The Morgan fingerprint density at radius 3 is 2.49 bits per heavy atom. The van der Waals surface area contributed by atoms with Gasteiger partial charge in [-0.1, -0.05) is 23.7 Å². The Labute approximate surface area is 227 Å². The Balaban J connectivity index is 1.65. The van der Waals surface area contributed by atoms with Gasteiger partial charge in [-0.2, -0.15) is 0 Å². The summed E-state index contributed by atoms with van der Waals surface area (Å²) in [7, 11) is 0. The molecule has 1 aliphatic rings. The summed E-state index contributed by atoms with van der Waals surface area (Å²) in [5, 5.41) is 7.68. The molecule has 37 heavy (non-hydrogen) atoms. The first-order chi connectivity index (χ1) is 17.7. The van der Waals surface area contributed by atoms with Crippen LogP contribution in [-0.4, -0.2) is 20.6 Å². The molecule has 1 fully saturated rings. The standard InChI is InChI=1S/C29H28ClN5OS/c1-17-8-9-21(30)16-26(17)34-18(2)15-24(19(34)3)28-27(25-7-5-6-14-31-25)33-29(37)35(28)23-12-10-22(11-13-23)32-20(4)36/h5-16,27-28H,1-4H3,(H,32,36)(H,33,37)/t27-,28-/m0/s1. The number of anilines is 2. The number of carbonyl (C=O) groups excluding carboxylic acids is 1. The molecule has 6 nitrogen and oxygen atoms in total. The monoisotopic (exact) mass is 529 g/mol. The molecule has 2 aromatic carbocycles. The molecule has 0 spiro atoms. The highest BCUT2D eigenvalue weighted by molar-refractivity contribution is 7.80. The largest absolute Gasteiger partial charge is 0.351 e. The van der Waals surface area contributed by atoms with Crippen molar-refractivity contribution in [2.24, 2.45) is 0 Å². The smallest absolute Gasteiger partial charge is 0.221 e. The molecule has 0 aliphatic carbocycles. The normalized spacial score (nSPS) is 17.1. The van der Waals surface area contributed by atoms with E-state index in [1.807, 2.05) is 60.7 Å². The lowest BCUT2D eigenvalue weighted by molar-refractivity contribution is -0.114. The van der Waals surface area contributed by atoms with Crippen molar-refractivity contribution in [3.8, 4) is 5.69 Å². The van der Waals surface area contributed by atoms with Crippen LogP contribution in [0.1, 0.15) is 47.2 Å². The van der Waals surface area contributed by atoms with Gasteiger partial charge in [0.2, 0.25) is 5.91 Å². The minimum Gasteiger partial charge on any atom is -0.351 e. The number of hydrogen-bond donors (Lipinski definition) is 2. The van der Waals surface area contributed by atoms with E-state index in [1.54, 1.807) is 6.20 Å². The van der Waals surface area contributed by atoms with Gasteiger partial charge in [-0.3, -0.25) is 9.78 Å². The highest BCUT2D eigenvalue weighted by atomic mass is 35.5. The van der Waals surface area contributed by atoms with E-state index in [9.17, 15) is 4.79 Å². The summed E-state index contributed by atoms with van der Waals surface area (Å²) in [6, 6.07) is 21.6. The van der Waals surface area contributed by atoms with Crippen molar-refractivity contribution in [1.29, 1.82) is 0 Å². The zero-order valence-corrected chi connectivity index (χ0v) is 22.7. The third-order valence-electron chi connectivity index (χ3n) is 6.76. The summed E-state index contributed by atoms with van der Waals surface area (Å²) in [5.41, 5.74) is 8.14. The van der Waals surface area contributed by atoms with Gasteiger partial charge in [-0.05, 0) is 98.7 Å². The van der Waals surface area contributed by atoms with Crippen LogP contribution in [0.3, 0.4) is 0 Å². The second-order valence-corrected chi connectivity index (χ2v) is 10.1. The van der Waals surface area contributed by atoms with Gasteiger partial charge >= 0.3 is 0 Å². The van der Waals surface area contributed by atoms with E-state index in [1.165, 1.54) is 6.92 Å². The minimum absolute atomic E-state index is 0.108. The van der Waals surface area contributed by atoms with Crippen LogP contribution in [0.4, 0.5) is 11.4 Å². The van der Waals surface area contributed by atoms with E-state index < -0.39 is 0 Å². The Kier molecular flexibility index (Phi) is 6.75. The third-order valence-corrected chi connectivity index (χ3v) is 7.31. The summed E-state index contributed by atoms with van der Waals surface area (Å²) >= 11 is 12.3. The first kappa shape index (κ1) is 25.0. The molecular formula is C29H28ClN5OS. The molecule has 1 amide bonds. The van der Waals surface area contributed by atoms with Gasteiger partial charge in [0, 0.05) is 46.6 Å². The Morgan fingerprint density at radius 2 is 1.81 bits per heavy atom. The molecule has 8 heteroatoms. The molecule has 0 unspecified atom stereocenters. The van der Waals surface area contributed by atoms with Gasteiger partial charge in [-0.25, -0.2) is 0 Å². The summed E-state index contributed by atoms with van der Waals surface area (Å²) in [6.07, 6.45) is 1.81. The van der Waals surface area contributed by atoms with Crippen molar-refractivity contribution >= 4 is 46.2 Å². The summed E-state index contributed by atoms with van der Waals surface area (Å²) in [4.78, 5) is 18.3. The van der Waals surface area contributed by atoms with E-state index in [4.69, 9.17) is 23.8 Å². The summed E-state index contributed by atoms with van der Waals surface area (Å²) in [5.74, 6) is -0.108. The first-order valence-electron chi connectivity index (χ1n) is 12.1. The van der Waals surface area contributed by atoms with Crippen molar-refractivity contribution in [3.63, 3.8) is 0 Å². The summed E-state index contributed by atoms with van der Waals surface area (Å²) in [6.45, 7) is 7.84. The molecule has 0 saturated carbocycles. The zero-order valence-electron chi connectivity index (χ0n) is 21.1. The van der Waals surface area contributed by atoms with Gasteiger partial charge in [0.05, 0.1) is 17.8 Å². The molecule has 3 heterocycles. The maximum Gasteiger partial charge on any atom is 0.221 e. The predicted molar refractivity (Wildman–Crippen MR) is 154 cm³/mol. The molecule has 0 radical (unpaired) electrons. The quantitative estimate of drug-likeness (QED) is 0.286. The number of thiocarbonyl (C=S) groups is 1. The number of rotatable bonds is 5. The van der Waals surface area contributed by atoms with Gasteiger partial charge in [-0.15, -0.1) is 0 Å². The van der Waals surface area contributed by atoms with Crippen molar-refractivity contribution in [2.45, 2.75) is 39.8 Å². The number of amides is 1. The molecular weight excluding hydrogens is 502 g/mol. The topological polar surface area (TPSA) is 62.2 Å². The molecule has 5 rings (SSSR count). The van der Waals surface area contributed by atoms with E-state index in [0.717, 1.165) is 45.3 Å². The van der Waals surface area contributed by atoms with Crippen LogP contribution in [0.2, 0.25) is 5.02 Å². The van der Waals surface area contributed by atoms with Gasteiger partial charge in [0.25, 0.3) is 0 Å². The van der Waals surface area contributed by atoms with Crippen LogP contribution < -0.4 is 15.5 Å². The van der Waals surface area contributed by atoms with E-state index >= 15 is 0 Å². The Bertz CT molecular complexity index is 1480. The Morgan fingerprint density at radius 1 is 1.05 bits per heavy atom. The maximum atomic E-state index is 11.5. The van der Waals surface area contributed by atoms with Crippen LogP contribution in [0.5, 0.6) is 0 Å². The second kappa shape index (κ2) is 10.00. The fourth-order valence-electron chi connectivity index (χ4n) is 5.14. The van der Waals surface area contributed by atoms with Crippen LogP contribution in [0, 0.1) is 20.8 Å². The number of carbonyl (C=O) groups is 1. The van der Waals surface area contributed by atoms with Crippen molar-refractivity contribution in [2.75, 3.05) is 10.2 Å². The van der Waals surface area contributed by atoms with Crippen LogP contribution in [-0.2, 0) is 4.79 Å². The number of halogens is 1. The molecule has 0 bridgehead atoms. The van der Waals surface area contributed by atoms with Gasteiger partial charge < -0.3 is 20.1 Å². The van der Waals surface area contributed by atoms with Crippen molar-refractivity contribution in [1.82, 2.24) is 14.9 Å². The SMILES string of the molecule is CC(=O)Nc1ccc(N2C(=S)N[C@@H](c3ccccn3)[C@@H]2c2cc(C)n(-c3cc(Cl)ccc3C)c2C)cc1. The van der Waals surface area contributed by atoms with E-state index in [0.29, 0.717) is 10.1 Å². The molecule has 2 N–H and O–H groups in total. The number of nitrogens with one attached hydrogen (secondary N) is 2. The fourth-order valence-corrected chi connectivity index (χ4v) is 5.65. The lowest BCUT2D eigenvalue weighted by Crippen LogP contribution is -2.29. The highest BCUT2D eigenvalue weighted by Crippen LogP contribution is 2.44. The first-order valence-corrected chi connectivity index (χ1v) is 12.9. The van der Waals surface area contributed by atoms with E-state index in [2.05, 4.69) is 51.9 Å². The summed E-state index contributed by atoms with van der Waals surface area (Å²) < 4.78 is 2.26. The third kappa shape index (κ3) is 4.72. The second-order valence-electron chi connectivity index (χ2n) is 9.32. The minimum atomic E-state index is -0.155. The lowest BCUT2D eigenvalue weighted by atomic mass is 9.96.